The number of hydrogen-bond acceptors (Lipinski definition) is 2. The molecule has 1 aromatic carbocycles. The van der Waals surface area contributed by atoms with Gasteiger partial charge >= 0.3 is 0 Å². The average molecular weight is 374 g/mol. The van der Waals surface area contributed by atoms with Gasteiger partial charge in [0.2, 0.25) is 0 Å². The van der Waals surface area contributed by atoms with E-state index in [9.17, 15) is 5.11 Å². The van der Waals surface area contributed by atoms with Crippen LogP contribution in [0.1, 0.15) is 23.9 Å². The monoisotopic (exact) mass is 372 g/mol. The number of aromatic nitrogens is 2. The first kappa shape index (κ1) is 13.8. The van der Waals surface area contributed by atoms with Gasteiger partial charge in [-0.15, -0.1) is 0 Å². The van der Waals surface area contributed by atoms with E-state index in [1.165, 1.54) is 0 Å². The Bertz CT molecular complexity index is 519. The van der Waals surface area contributed by atoms with Gasteiger partial charge in [0, 0.05) is 34.8 Å². The molecule has 0 aliphatic carbocycles. The van der Waals surface area contributed by atoms with Crippen LogP contribution in [0.3, 0.4) is 0 Å². The summed E-state index contributed by atoms with van der Waals surface area (Å²) >= 11 is 6.85. The summed E-state index contributed by atoms with van der Waals surface area (Å²) in [5.41, 5.74) is 0.908. The number of benzene rings is 1. The summed E-state index contributed by atoms with van der Waals surface area (Å²) in [6.45, 7) is 0. The van der Waals surface area contributed by atoms with E-state index in [0.29, 0.717) is 6.42 Å². The fourth-order valence-corrected chi connectivity index (χ4v) is 3.17. The maximum absolute atomic E-state index is 10.2. The summed E-state index contributed by atoms with van der Waals surface area (Å²) in [7, 11) is 1.96. The quantitative estimate of drug-likeness (QED) is 0.888. The lowest BCUT2D eigenvalue weighted by Gasteiger charge is -2.12. The predicted molar refractivity (Wildman–Crippen MR) is 78.3 cm³/mol. The van der Waals surface area contributed by atoms with Crippen LogP contribution in [-0.4, -0.2) is 14.7 Å². The minimum Gasteiger partial charge on any atom is -0.388 e. The first-order valence-corrected chi connectivity index (χ1v) is 7.25. The van der Waals surface area contributed by atoms with Crippen molar-refractivity contribution in [1.82, 2.24) is 9.55 Å². The number of rotatable bonds is 4. The number of imidazole rings is 1. The van der Waals surface area contributed by atoms with Crippen molar-refractivity contribution in [1.29, 1.82) is 0 Å². The Morgan fingerprint density at radius 1 is 1.28 bits per heavy atom. The molecule has 0 spiro atoms. The minimum atomic E-state index is -0.476. The largest absolute Gasteiger partial charge is 0.388 e. The average Bonchev–Trinajstić information content (AvgIpc) is 2.70. The molecule has 2 aromatic rings. The molecule has 2 rings (SSSR count). The number of aliphatic hydroxyl groups excluding tert-OH is 1. The Balaban J connectivity index is 2.03. The number of aliphatic hydroxyl groups is 1. The lowest BCUT2D eigenvalue weighted by molar-refractivity contribution is 0.166. The van der Waals surface area contributed by atoms with Crippen molar-refractivity contribution in [2.75, 3.05) is 0 Å². The topological polar surface area (TPSA) is 38.0 Å². The Morgan fingerprint density at radius 2 is 1.94 bits per heavy atom. The van der Waals surface area contributed by atoms with E-state index in [2.05, 4.69) is 36.8 Å². The summed E-state index contributed by atoms with van der Waals surface area (Å²) in [5.74, 6) is 0.989. The van der Waals surface area contributed by atoms with E-state index in [1.807, 2.05) is 36.0 Å². The van der Waals surface area contributed by atoms with Crippen molar-refractivity contribution < 1.29 is 5.11 Å². The van der Waals surface area contributed by atoms with Crippen molar-refractivity contribution in [2.24, 2.45) is 7.05 Å². The molecule has 5 heteroatoms. The van der Waals surface area contributed by atoms with Crippen LogP contribution in [-0.2, 0) is 13.5 Å². The molecule has 1 unspecified atom stereocenters. The van der Waals surface area contributed by atoms with Crippen LogP contribution in [0.4, 0.5) is 0 Å². The number of aryl methyl sites for hydroxylation is 2. The number of halogens is 2. The van der Waals surface area contributed by atoms with E-state index in [1.54, 1.807) is 6.20 Å². The highest BCUT2D eigenvalue weighted by Crippen LogP contribution is 2.26. The van der Waals surface area contributed by atoms with Crippen LogP contribution in [0.5, 0.6) is 0 Å². The molecular formula is C13H14Br2N2O. The van der Waals surface area contributed by atoms with Crippen LogP contribution in [0.2, 0.25) is 0 Å². The molecule has 1 heterocycles. The molecule has 0 saturated heterocycles. The Hall–Kier alpha value is -0.650. The molecule has 0 radical (unpaired) electrons. The van der Waals surface area contributed by atoms with Crippen LogP contribution < -0.4 is 0 Å². The van der Waals surface area contributed by atoms with Gasteiger partial charge in [-0.05, 0) is 30.2 Å². The molecule has 0 amide bonds. The lowest BCUT2D eigenvalue weighted by Crippen LogP contribution is -2.03. The second-order valence-corrected chi connectivity index (χ2v) is 6.04. The van der Waals surface area contributed by atoms with Gasteiger partial charge in [-0.2, -0.15) is 0 Å². The maximum atomic E-state index is 10.2. The summed E-state index contributed by atoms with van der Waals surface area (Å²) in [6.07, 6.45) is 4.63. The third-order valence-corrected chi connectivity index (χ3v) is 3.75. The summed E-state index contributed by atoms with van der Waals surface area (Å²) < 4.78 is 3.90. The van der Waals surface area contributed by atoms with Crippen molar-refractivity contribution >= 4 is 31.9 Å². The molecule has 18 heavy (non-hydrogen) atoms. The van der Waals surface area contributed by atoms with Gasteiger partial charge < -0.3 is 9.67 Å². The fraction of sp³-hybridized carbons (Fsp3) is 0.308. The summed E-state index contributed by atoms with van der Waals surface area (Å²) in [4.78, 5) is 4.25. The highest BCUT2D eigenvalue weighted by atomic mass is 79.9. The molecule has 0 aliphatic heterocycles. The van der Waals surface area contributed by atoms with Crippen molar-refractivity contribution in [3.8, 4) is 0 Å². The molecule has 0 aliphatic rings. The SMILES string of the molecule is Cn1ccnc1CCC(O)c1cc(Br)cc(Br)c1. The predicted octanol–water partition coefficient (Wildman–Crippen LogP) is 3.61. The van der Waals surface area contributed by atoms with Crippen LogP contribution in [0.25, 0.3) is 0 Å². The summed E-state index contributed by atoms with van der Waals surface area (Å²) in [5, 5.41) is 10.2. The van der Waals surface area contributed by atoms with E-state index in [0.717, 1.165) is 26.8 Å². The fourth-order valence-electron chi connectivity index (χ4n) is 1.84. The Kier molecular flexibility index (Phi) is 4.59. The Morgan fingerprint density at radius 3 is 2.50 bits per heavy atom. The van der Waals surface area contributed by atoms with Gasteiger partial charge in [0.05, 0.1) is 6.10 Å². The molecule has 1 atom stereocenters. The second kappa shape index (κ2) is 5.99. The zero-order valence-electron chi connectivity index (χ0n) is 9.98. The number of nitrogens with zero attached hydrogens (tertiary/aromatic N) is 2. The smallest absolute Gasteiger partial charge is 0.108 e. The standard InChI is InChI=1S/C13H14Br2N2O/c1-17-5-4-16-13(17)3-2-12(18)9-6-10(14)8-11(15)7-9/h4-8,12,18H,2-3H2,1H3. The van der Waals surface area contributed by atoms with Crippen molar-refractivity contribution in [2.45, 2.75) is 18.9 Å². The molecule has 96 valence electrons. The van der Waals surface area contributed by atoms with Crippen LogP contribution in [0, 0.1) is 0 Å². The normalized spacial score (nSPS) is 12.7. The van der Waals surface area contributed by atoms with Gasteiger partial charge in [0.15, 0.2) is 0 Å². The van der Waals surface area contributed by atoms with E-state index in [4.69, 9.17) is 0 Å². The van der Waals surface area contributed by atoms with Crippen LogP contribution >= 0.6 is 31.9 Å². The highest BCUT2D eigenvalue weighted by Gasteiger charge is 2.10. The minimum absolute atomic E-state index is 0.476. The third kappa shape index (κ3) is 3.43. The Labute approximate surface area is 123 Å². The van der Waals surface area contributed by atoms with E-state index in [-0.39, 0.29) is 0 Å². The van der Waals surface area contributed by atoms with Gasteiger partial charge in [0.1, 0.15) is 5.82 Å². The second-order valence-electron chi connectivity index (χ2n) is 4.21. The van der Waals surface area contributed by atoms with E-state index >= 15 is 0 Å². The molecule has 3 nitrogen and oxygen atoms in total. The van der Waals surface area contributed by atoms with Crippen LogP contribution in [0.15, 0.2) is 39.5 Å². The van der Waals surface area contributed by atoms with Gasteiger partial charge in [-0.1, -0.05) is 31.9 Å². The zero-order chi connectivity index (χ0) is 13.1. The van der Waals surface area contributed by atoms with E-state index < -0.39 is 6.10 Å². The molecule has 1 N–H and O–H groups in total. The molecule has 0 fully saturated rings. The molecule has 1 aromatic heterocycles. The summed E-state index contributed by atoms with van der Waals surface area (Å²) in [6, 6.07) is 5.83. The zero-order valence-corrected chi connectivity index (χ0v) is 13.1. The molecule has 0 bridgehead atoms. The van der Waals surface area contributed by atoms with Crippen molar-refractivity contribution in [3.63, 3.8) is 0 Å². The third-order valence-electron chi connectivity index (χ3n) is 2.83. The van der Waals surface area contributed by atoms with Gasteiger partial charge in [-0.25, -0.2) is 4.98 Å². The molecular weight excluding hydrogens is 360 g/mol. The lowest BCUT2D eigenvalue weighted by atomic mass is 10.0. The highest BCUT2D eigenvalue weighted by molar-refractivity contribution is 9.11. The first-order valence-electron chi connectivity index (χ1n) is 5.66. The molecule has 0 saturated carbocycles. The van der Waals surface area contributed by atoms with Gasteiger partial charge in [-0.3, -0.25) is 0 Å². The number of hydrogen-bond donors (Lipinski definition) is 1. The van der Waals surface area contributed by atoms with Gasteiger partial charge in [0.25, 0.3) is 0 Å². The van der Waals surface area contributed by atoms with Crippen molar-refractivity contribution in [3.05, 3.63) is 50.9 Å². The maximum Gasteiger partial charge on any atom is 0.108 e. The first-order chi connectivity index (χ1) is 8.56.